The third-order valence-corrected chi connectivity index (χ3v) is 3.04. The molecule has 0 spiro atoms. The Balaban J connectivity index is 2.96. The molecule has 3 nitrogen and oxygen atoms in total. The molecule has 0 saturated carbocycles. The first-order valence-electron chi connectivity index (χ1n) is 5.36. The van der Waals surface area contributed by atoms with Gasteiger partial charge in [0, 0.05) is 0 Å². The number of benzene rings is 1. The molecule has 16 heavy (non-hydrogen) atoms. The highest BCUT2D eigenvalue weighted by Crippen LogP contribution is 2.38. The molecule has 1 aromatic rings. The summed E-state index contributed by atoms with van der Waals surface area (Å²) in [6.07, 6.45) is 2.77. The molecule has 0 aliphatic carbocycles. The van der Waals surface area contributed by atoms with Crippen molar-refractivity contribution in [1.29, 1.82) is 0 Å². The molecular weight excluding hydrogens is 226 g/mol. The van der Waals surface area contributed by atoms with Crippen LogP contribution in [-0.2, 0) is 6.42 Å². The van der Waals surface area contributed by atoms with E-state index in [1.54, 1.807) is 6.07 Å². The number of rotatable bonds is 5. The topological polar surface area (TPSA) is 55.5 Å². The molecule has 0 unspecified atom stereocenters. The Labute approximate surface area is 101 Å². The minimum absolute atomic E-state index is 0.0255. The van der Waals surface area contributed by atoms with Gasteiger partial charge in [-0.3, -0.25) is 0 Å². The van der Waals surface area contributed by atoms with Gasteiger partial charge in [0.15, 0.2) is 11.5 Å². The van der Waals surface area contributed by atoms with Gasteiger partial charge in [0.25, 0.3) is 0 Å². The lowest BCUT2D eigenvalue weighted by Gasteiger charge is -2.13. The van der Waals surface area contributed by atoms with Crippen molar-refractivity contribution in [3.8, 4) is 11.5 Å². The van der Waals surface area contributed by atoms with Gasteiger partial charge in [0.05, 0.1) is 12.1 Å². The third kappa shape index (κ3) is 2.80. The van der Waals surface area contributed by atoms with Gasteiger partial charge in [-0.15, -0.1) is 0 Å². The van der Waals surface area contributed by atoms with Crippen LogP contribution < -0.4 is 10.5 Å². The third-order valence-electron chi connectivity index (χ3n) is 2.63. The van der Waals surface area contributed by atoms with Crippen molar-refractivity contribution in [3.05, 3.63) is 22.2 Å². The number of ether oxygens (including phenoxy) is 1. The Morgan fingerprint density at radius 3 is 2.69 bits per heavy atom. The summed E-state index contributed by atoms with van der Waals surface area (Å²) in [5, 5.41) is 10.2. The first kappa shape index (κ1) is 13.1. The molecule has 4 heteroatoms. The predicted molar refractivity (Wildman–Crippen MR) is 66.4 cm³/mol. The fraction of sp³-hybridized carbons (Fsp3) is 0.500. The molecule has 0 aliphatic heterocycles. The molecule has 90 valence electrons. The Morgan fingerprint density at radius 2 is 2.12 bits per heavy atom. The highest BCUT2D eigenvalue weighted by atomic mass is 35.5. The molecule has 0 radical (unpaired) electrons. The molecule has 0 aliphatic rings. The van der Waals surface area contributed by atoms with Crippen molar-refractivity contribution in [1.82, 2.24) is 0 Å². The van der Waals surface area contributed by atoms with Crippen LogP contribution in [0, 0.1) is 6.92 Å². The van der Waals surface area contributed by atoms with Crippen molar-refractivity contribution in [3.63, 3.8) is 0 Å². The van der Waals surface area contributed by atoms with Crippen LogP contribution >= 0.6 is 11.6 Å². The molecule has 0 saturated heterocycles. The summed E-state index contributed by atoms with van der Waals surface area (Å²) >= 11 is 6.10. The van der Waals surface area contributed by atoms with Crippen molar-refractivity contribution in [2.75, 3.05) is 13.7 Å². The molecule has 0 aromatic heterocycles. The number of methoxy groups -OCH3 is 1. The second kappa shape index (κ2) is 5.97. The van der Waals surface area contributed by atoms with Crippen LogP contribution in [0.25, 0.3) is 0 Å². The van der Waals surface area contributed by atoms with E-state index < -0.39 is 0 Å². The lowest BCUT2D eigenvalue weighted by molar-refractivity contribution is 0.373. The number of nitrogens with two attached hydrogens (primary N) is 1. The average Bonchev–Trinajstić information content (AvgIpc) is 2.28. The van der Waals surface area contributed by atoms with E-state index in [2.05, 4.69) is 0 Å². The van der Waals surface area contributed by atoms with E-state index in [0.717, 1.165) is 30.4 Å². The largest absolute Gasteiger partial charge is 0.503 e. The number of hydrogen-bond donors (Lipinski definition) is 2. The van der Waals surface area contributed by atoms with Gasteiger partial charge in [-0.25, -0.2) is 0 Å². The second-order valence-electron chi connectivity index (χ2n) is 3.78. The average molecular weight is 244 g/mol. The fourth-order valence-corrected chi connectivity index (χ4v) is 2.02. The van der Waals surface area contributed by atoms with Crippen LogP contribution in [0.2, 0.25) is 5.02 Å². The van der Waals surface area contributed by atoms with E-state index in [4.69, 9.17) is 22.1 Å². The maximum atomic E-state index is 9.78. The molecule has 0 fully saturated rings. The smallest absolute Gasteiger partial charge is 0.177 e. The minimum Gasteiger partial charge on any atom is -0.503 e. The van der Waals surface area contributed by atoms with Gasteiger partial charge < -0.3 is 15.6 Å². The Kier molecular flexibility index (Phi) is 4.90. The highest BCUT2D eigenvalue weighted by Gasteiger charge is 2.14. The summed E-state index contributed by atoms with van der Waals surface area (Å²) in [6, 6.07) is 1.80. The minimum atomic E-state index is 0.0255. The maximum absolute atomic E-state index is 9.78. The van der Waals surface area contributed by atoms with Gasteiger partial charge in [-0.2, -0.15) is 0 Å². The number of hydrogen-bond acceptors (Lipinski definition) is 3. The van der Waals surface area contributed by atoms with Crippen molar-refractivity contribution in [2.24, 2.45) is 5.73 Å². The number of phenolic OH excluding ortho intramolecular Hbond substituents is 1. The zero-order chi connectivity index (χ0) is 12.1. The van der Waals surface area contributed by atoms with Crippen molar-refractivity contribution >= 4 is 11.6 Å². The van der Waals surface area contributed by atoms with Gasteiger partial charge >= 0.3 is 0 Å². The second-order valence-corrected chi connectivity index (χ2v) is 4.16. The number of aromatic hydroxyl groups is 1. The summed E-state index contributed by atoms with van der Waals surface area (Å²) in [5.41, 5.74) is 7.46. The lowest BCUT2D eigenvalue weighted by atomic mass is 10.0. The normalized spacial score (nSPS) is 10.5. The maximum Gasteiger partial charge on any atom is 0.177 e. The number of halogens is 1. The fourth-order valence-electron chi connectivity index (χ4n) is 1.68. The van der Waals surface area contributed by atoms with E-state index in [9.17, 15) is 5.11 Å². The van der Waals surface area contributed by atoms with Crippen LogP contribution in [0.1, 0.15) is 24.0 Å². The summed E-state index contributed by atoms with van der Waals surface area (Å²) in [4.78, 5) is 0. The van der Waals surface area contributed by atoms with Gasteiger partial charge in [0.1, 0.15) is 0 Å². The van der Waals surface area contributed by atoms with Gasteiger partial charge in [-0.1, -0.05) is 11.6 Å². The number of unbranched alkanes of at least 4 members (excludes halogenated alkanes) is 1. The molecule has 0 bridgehead atoms. The summed E-state index contributed by atoms with van der Waals surface area (Å²) in [5.74, 6) is 0.447. The molecule has 0 atom stereocenters. The monoisotopic (exact) mass is 243 g/mol. The zero-order valence-electron chi connectivity index (χ0n) is 9.72. The van der Waals surface area contributed by atoms with E-state index >= 15 is 0 Å². The van der Waals surface area contributed by atoms with Crippen LogP contribution in [-0.4, -0.2) is 18.8 Å². The molecule has 1 aromatic carbocycles. The number of aryl methyl sites for hydroxylation is 1. The zero-order valence-corrected chi connectivity index (χ0v) is 10.5. The predicted octanol–water partition coefficient (Wildman–Crippen LogP) is 2.64. The van der Waals surface area contributed by atoms with Crippen molar-refractivity contribution < 1.29 is 9.84 Å². The van der Waals surface area contributed by atoms with Crippen LogP contribution in [0.15, 0.2) is 6.07 Å². The van der Waals surface area contributed by atoms with Crippen molar-refractivity contribution in [2.45, 2.75) is 26.2 Å². The quantitative estimate of drug-likeness (QED) is 0.782. The Bertz CT molecular complexity index is 367. The molecule has 1 rings (SSSR count). The molecule has 3 N–H and O–H groups in total. The standard InChI is InChI=1S/C12H18ClNO2/c1-8-7-10(16-2)12(15)11(13)9(8)5-3-4-6-14/h7,15H,3-6,14H2,1-2H3. The summed E-state index contributed by atoms with van der Waals surface area (Å²) < 4.78 is 5.03. The SMILES string of the molecule is COc1cc(C)c(CCCCN)c(Cl)c1O. The van der Waals surface area contributed by atoms with Gasteiger partial charge in [0.2, 0.25) is 0 Å². The highest BCUT2D eigenvalue weighted by molar-refractivity contribution is 6.33. The summed E-state index contributed by atoms with van der Waals surface area (Å²) in [6.45, 7) is 2.64. The molecule has 0 heterocycles. The first-order valence-corrected chi connectivity index (χ1v) is 5.74. The number of phenols is 1. The van der Waals surface area contributed by atoms with E-state index in [-0.39, 0.29) is 5.75 Å². The van der Waals surface area contributed by atoms with E-state index in [1.807, 2.05) is 6.92 Å². The first-order chi connectivity index (χ1) is 7.61. The Morgan fingerprint density at radius 1 is 1.44 bits per heavy atom. The van der Waals surface area contributed by atoms with Crippen LogP contribution in [0.5, 0.6) is 11.5 Å². The molecular formula is C12H18ClNO2. The van der Waals surface area contributed by atoms with Gasteiger partial charge in [-0.05, 0) is 49.9 Å². The van der Waals surface area contributed by atoms with Crippen LogP contribution in [0.4, 0.5) is 0 Å². The van der Waals surface area contributed by atoms with E-state index in [1.165, 1.54) is 7.11 Å². The lowest BCUT2D eigenvalue weighted by Crippen LogP contribution is -2.00. The summed E-state index contributed by atoms with van der Waals surface area (Å²) in [7, 11) is 1.51. The molecule has 0 amide bonds. The van der Waals surface area contributed by atoms with E-state index in [0.29, 0.717) is 17.3 Å². The van der Waals surface area contributed by atoms with Crippen LogP contribution in [0.3, 0.4) is 0 Å². The Hall–Kier alpha value is -0.930.